The van der Waals surface area contributed by atoms with Crippen LogP contribution in [0, 0.1) is 0 Å². The van der Waals surface area contributed by atoms with Crippen LogP contribution in [0.15, 0.2) is 24.8 Å². The predicted molar refractivity (Wildman–Crippen MR) is 81.2 cm³/mol. The third kappa shape index (κ3) is 4.95. The van der Waals surface area contributed by atoms with Gasteiger partial charge in [0.05, 0.1) is 5.56 Å². The molecule has 0 bridgehead atoms. The molecule has 114 valence electrons. The zero-order valence-corrected chi connectivity index (χ0v) is 12.8. The van der Waals surface area contributed by atoms with Crippen molar-refractivity contribution in [3.8, 4) is 0 Å². The number of ether oxygens (including phenoxy) is 1. The lowest BCUT2D eigenvalue weighted by molar-refractivity contribution is 0.0284. The molecule has 0 spiro atoms. The van der Waals surface area contributed by atoms with Gasteiger partial charge in [-0.25, -0.2) is 9.59 Å². The standard InChI is InChI=1S/C16H21NO4/c1-6-12-9-11(7-8-13(12)14(18)19)10-17(5)15(20)21-16(2,3)4/h6-9H,1,10H2,2-5H3,(H,18,19). The highest BCUT2D eigenvalue weighted by molar-refractivity contribution is 5.92. The number of carboxylic acid groups (broad SMARTS) is 1. The van der Waals surface area contributed by atoms with Crippen LogP contribution in [-0.2, 0) is 11.3 Å². The van der Waals surface area contributed by atoms with Crippen LogP contribution < -0.4 is 0 Å². The zero-order valence-electron chi connectivity index (χ0n) is 12.8. The smallest absolute Gasteiger partial charge is 0.410 e. The molecule has 0 aromatic heterocycles. The molecule has 0 fully saturated rings. The predicted octanol–water partition coefficient (Wildman–Crippen LogP) is 3.39. The fraction of sp³-hybridized carbons (Fsp3) is 0.375. The minimum Gasteiger partial charge on any atom is -0.478 e. The SMILES string of the molecule is C=Cc1cc(CN(C)C(=O)OC(C)(C)C)ccc1C(=O)O. The molecule has 0 heterocycles. The minimum atomic E-state index is -1.00. The van der Waals surface area contributed by atoms with E-state index < -0.39 is 17.7 Å². The summed E-state index contributed by atoms with van der Waals surface area (Å²) in [5.74, 6) is -1.00. The summed E-state index contributed by atoms with van der Waals surface area (Å²) in [7, 11) is 1.63. The second kappa shape index (κ2) is 6.43. The fourth-order valence-corrected chi connectivity index (χ4v) is 1.75. The van der Waals surface area contributed by atoms with E-state index in [-0.39, 0.29) is 5.56 Å². The van der Waals surface area contributed by atoms with Gasteiger partial charge >= 0.3 is 12.1 Å². The largest absolute Gasteiger partial charge is 0.478 e. The third-order valence-corrected chi connectivity index (χ3v) is 2.69. The maximum Gasteiger partial charge on any atom is 0.410 e. The molecule has 1 rings (SSSR count). The number of benzene rings is 1. The first-order valence-electron chi connectivity index (χ1n) is 6.57. The van der Waals surface area contributed by atoms with Crippen molar-refractivity contribution in [3.05, 3.63) is 41.5 Å². The summed E-state index contributed by atoms with van der Waals surface area (Å²) in [5, 5.41) is 9.05. The van der Waals surface area contributed by atoms with Crippen LogP contribution in [0.5, 0.6) is 0 Å². The van der Waals surface area contributed by atoms with Crippen molar-refractivity contribution in [1.29, 1.82) is 0 Å². The van der Waals surface area contributed by atoms with Gasteiger partial charge in [-0.1, -0.05) is 18.7 Å². The normalized spacial score (nSPS) is 10.9. The topological polar surface area (TPSA) is 66.8 Å². The van der Waals surface area contributed by atoms with E-state index in [1.165, 1.54) is 17.0 Å². The lowest BCUT2D eigenvalue weighted by Gasteiger charge is -2.24. The molecule has 0 atom stereocenters. The molecule has 1 amide bonds. The number of carbonyl (C=O) groups excluding carboxylic acids is 1. The first-order chi connectivity index (χ1) is 9.64. The molecule has 0 aliphatic rings. The van der Waals surface area contributed by atoms with Gasteiger partial charge in [-0.15, -0.1) is 0 Å². The van der Waals surface area contributed by atoms with Crippen LogP contribution >= 0.6 is 0 Å². The van der Waals surface area contributed by atoms with Crippen LogP contribution in [0.3, 0.4) is 0 Å². The average Bonchev–Trinajstić information content (AvgIpc) is 2.36. The molecule has 0 aliphatic carbocycles. The first-order valence-corrected chi connectivity index (χ1v) is 6.57. The molecule has 1 N–H and O–H groups in total. The zero-order chi connectivity index (χ0) is 16.2. The second-order valence-electron chi connectivity index (χ2n) is 5.77. The van der Waals surface area contributed by atoms with E-state index in [1.54, 1.807) is 40.0 Å². The van der Waals surface area contributed by atoms with Gasteiger partial charge in [-0.3, -0.25) is 0 Å². The number of hydrogen-bond acceptors (Lipinski definition) is 3. The number of carboxylic acids is 1. The summed E-state index contributed by atoms with van der Waals surface area (Å²) < 4.78 is 5.26. The summed E-state index contributed by atoms with van der Waals surface area (Å²) in [6, 6.07) is 4.90. The quantitative estimate of drug-likeness (QED) is 0.923. The van der Waals surface area contributed by atoms with Crippen molar-refractivity contribution in [2.75, 3.05) is 7.05 Å². The maximum atomic E-state index is 11.9. The fourth-order valence-electron chi connectivity index (χ4n) is 1.75. The van der Waals surface area contributed by atoms with Crippen LogP contribution in [-0.4, -0.2) is 34.7 Å². The number of nitrogens with zero attached hydrogens (tertiary/aromatic N) is 1. The molecule has 0 radical (unpaired) electrons. The highest BCUT2D eigenvalue weighted by Crippen LogP contribution is 2.16. The Kier molecular flexibility index (Phi) is 5.13. The molecular weight excluding hydrogens is 270 g/mol. The van der Waals surface area contributed by atoms with Crippen molar-refractivity contribution < 1.29 is 19.4 Å². The van der Waals surface area contributed by atoms with Gasteiger partial charge < -0.3 is 14.7 Å². The Bertz CT molecular complexity index is 558. The number of aromatic carboxylic acids is 1. The molecule has 5 heteroatoms. The molecule has 5 nitrogen and oxygen atoms in total. The summed E-state index contributed by atoms with van der Waals surface area (Å²) >= 11 is 0. The van der Waals surface area contributed by atoms with E-state index in [2.05, 4.69) is 6.58 Å². The third-order valence-electron chi connectivity index (χ3n) is 2.69. The maximum absolute atomic E-state index is 11.9. The number of rotatable bonds is 4. The number of carbonyl (C=O) groups is 2. The molecule has 0 unspecified atom stereocenters. The molecule has 0 saturated heterocycles. The Hall–Kier alpha value is -2.30. The first kappa shape index (κ1) is 16.8. The van der Waals surface area contributed by atoms with Gasteiger partial charge in [-0.05, 0) is 44.0 Å². The van der Waals surface area contributed by atoms with Crippen molar-refractivity contribution in [2.24, 2.45) is 0 Å². The van der Waals surface area contributed by atoms with Gasteiger partial charge in [0, 0.05) is 13.6 Å². The molecule has 21 heavy (non-hydrogen) atoms. The van der Waals surface area contributed by atoms with Crippen LogP contribution in [0.2, 0.25) is 0 Å². The summed E-state index contributed by atoms with van der Waals surface area (Å²) in [6.07, 6.45) is 1.06. The van der Waals surface area contributed by atoms with Crippen molar-refractivity contribution in [2.45, 2.75) is 32.9 Å². The van der Waals surface area contributed by atoms with Crippen molar-refractivity contribution >= 4 is 18.1 Å². The summed E-state index contributed by atoms with van der Waals surface area (Å²) in [5.41, 5.74) is 0.972. The van der Waals surface area contributed by atoms with Crippen LogP contribution in [0.1, 0.15) is 42.3 Å². The van der Waals surface area contributed by atoms with Gasteiger partial charge in [-0.2, -0.15) is 0 Å². The Labute approximate surface area is 124 Å². The van der Waals surface area contributed by atoms with E-state index >= 15 is 0 Å². The Balaban J connectivity index is 2.86. The molecule has 0 saturated carbocycles. The van der Waals surface area contributed by atoms with Gasteiger partial charge in [0.1, 0.15) is 5.60 Å². The van der Waals surface area contributed by atoms with E-state index in [0.29, 0.717) is 12.1 Å². The molecule has 1 aromatic rings. The van der Waals surface area contributed by atoms with E-state index in [9.17, 15) is 9.59 Å². The molecule has 0 aliphatic heterocycles. The Morgan fingerprint density at radius 2 is 2.00 bits per heavy atom. The van der Waals surface area contributed by atoms with Crippen LogP contribution in [0.4, 0.5) is 4.79 Å². The minimum absolute atomic E-state index is 0.189. The average molecular weight is 291 g/mol. The summed E-state index contributed by atoms with van der Waals surface area (Å²) in [4.78, 5) is 24.4. The van der Waals surface area contributed by atoms with Crippen molar-refractivity contribution in [3.63, 3.8) is 0 Å². The lowest BCUT2D eigenvalue weighted by atomic mass is 10.0. The second-order valence-corrected chi connectivity index (χ2v) is 5.77. The number of amides is 1. The highest BCUT2D eigenvalue weighted by atomic mass is 16.6. The highest BCUT2D eigenvalue weighted by Gasteiger charge is 2.20. The Morgan fingerprint density at radius 3 is 2.48 bits per heavy atom. The number of hydrogen-bond donors (Lipinski definition) is 1. The van der Waals surface area contributed by atoms with E-state index in [1.807, 2.05) is 0 Å². The molecule has 1 aromatic carbocycles. The van der Waals surface area contributed by atoms with Crippen molar-refractivity contribution in [1.82, 2.24) is 4.90 Å². The van der Waals surface area contributed by atoms with E-state index in [0.717, 1.165) is 5.56 Å². The monoisotopic (exact) mass is 291 g/mol. The van der Waals surface area contributed by atoms with Gasteiger partial charge in [0.15, 0.2) is 0 Å². The van der Waals surface area contributed by atoms with Gasteiger partial charge in [0.2, 0.25) is 0 Å². The lowest BCUT2D eigenvalue weighted by Crippen LogP contribution is -2.33. The summed E-state index contributed by atoms with van der Waals surface area (Å²) in [6.45, 7) is 9.34. The Morgan fingerprint density at radius 1 is 1.38 bits per heavy atom. The molecular formula is C16H21NO4. The van der Waals surface area contributed by atoms with Crippen LogP contribution in [0.25, 0.3) is 6.08 Å². The van der Waals surface area contributed by atoms with Gasteiger partial charge in [0.25, 0.3) is 0 Å². The van der Waals surface area contributed by atoms with E-state index in [4.69, 9.17) is 9.84 Å².